The predicted molar refractivity (Wildman–Crippen MR) is 97.2 cm³/mol. The fraction of sp³-hybridized carbons (Fsp3) is 0.611. The summed E-state index contributed by atoms with van der Waals surface area (Å²) < 4.78 is 13.0. The second-order valence-electron chi connectivity index (χ2n) is 6.90. The SMILES string of the molecule is C[C@H]1C[C@@H](C(=O)NCC2CCN(c3ccc(F)cc3)C2)CCN1.Cl. The Balaban J connectivity index is 0.00000208. The molecule has 2 saturated heterocycles. The molecule has 2 heterocycles. The molecule has 0 saturated carbocycles. The van der Waals surface area contributed by atoms with E-state index in [1.807, 2.05) is 12.1 Å². The van der Waals surface area contributed by atoms with Crippen LogP contribution in [0.1, 0.15) is 26.2 Å². The van der Waals surface area contributed by atoms with E-state index in [0.29, 0.717) is 12.0 Å². The Morgan fingerprint density at radius 3 is 2.79 bits per heavy atom. The van der Waals surface area contributed by atoms with Gasteiger partial charge in [0.2, 0.25) is 5.91 Å². The van der Waals surface area contributed by atoms with E-state index in [1.165, 1.54) is 12.1 Å². The van der Waals surface area contributed by atoms with Gasteiger partial charge in [-0.15, -0.1) is 12.4 Å². The standard InChI is InChI=1S/C18H26FN3O.ClH/c1-13-10-15(6-8-20-13)18(23)21-11-14-7-9-22(12-14)17-4-2-16(19)3-5-17;/h2-5,13-15,20H,6-12H2,1H3,(H,21,23);1H/t13-,14?,15-;/m0./s1. The molecule has 1 aromatic rings. The van der Waals surface area contributed by atoms with Crippen LogP contribution in [0.3, 0.4) is 0 Å². The zero-order valence-corrected chi connectivity index (χ0v) is 14.9. The third-order valence-corrected chi connectivity index (χ3v) is 5.04. The number of piperidine rings is 1. The predicted octanol–water partition coefficient (Wildman–Crippen LogP) is 2.58. The van der Waals surface area contributed by atoms with Crippen molar-refractivity contribution >= 4 is 24.0 Å². The molecule has 0 bridgehead atoms. The molecule has 6 heteroatoms. The summed E-state index contributed by atoms with van der Waals surface area (Å²) in [4.78, 5) is 14.6. The molecule has 134 valence electrons. The monoisotopic (exact) mass is 355 g/mol. The molecule has 2 fully saturated rings. The van der Waals surface area contributed by atoms with E-state index in [2.05, 4.69) is 22.5 Å². The Bertz CT molecular complexity index is 540. The summed E-state index contributed by atoms with van der Waals surface area (Å²) >= 11 is 0. The van der Waals surface area contributed by atoms with Crippen LogP contribution in [0.4, 0.5) is 10.1 Å². The van der Waals surface area contributed by atoms with Crippen molar-refractivity contribution in [2.45, 2.75) is 32.2 Å². The summed E-state index contributed by atoms with van der Waals surface area (Å²) in [5.41, 5.74) is 1.06. The number of nitrogens with zero attached hydrogens (tertiary/aromatic N) is 1. The zero-order valence-electron chi connectivity index (χ0n) is 14.1. The molecule has 2 N–H and O–H groups in total. The first-order valence-corrected chi connectivity index (χ1v) is 8.63. The fourth-order valence-corrected chi connectivity index (χ4v) is 3.65. The summed E-state index contributed by atoms with van der Waals surface area (Å²) in [6, 6.07) is 7.09. The summed E-state index contributed by atoms with van der Waals surface area (Å²) in [6.07, 6.45) is 2.93. The van der Waals surface area contributed by atoms with E-state index in [-0.39, 0.29) is 30.0 Å². The number of nitrogens with one attached hydrogen (secondary N) is 2. The Hall–Kier alpha value is -1.33. The largest absolute Gasteiger partial charge is 0.371 e. The molecule has 2 aliphatic heterocycles. The van der Waals surface area contributed by atoms with E-state index in [0.717, 1.165) is 51.1 Å². The highest BCUT2D eigenvalue weighted by molar-refractivity contribution is 5.85. The van der Waals surface area contributed by atoms with Crippen LogP contribution in [-0.4, -0.2) is 38.1 Å². The second kappa shape index (κ2) is 8.67. The van der Waals surface area contributed by atoms with Gasteiger partial charge in [0.15, 0.2) is 0 Å². The molecule has 3 rings (SSSR count). The Morgan fingerprint density at radius 2 is 2.08 bits per heavy atom. The third kappa shape index (κ3) is 4.84. The number of hydrogen-bond donors (Lipinski definition) is 2. The minimum Gasteiger partial charge on any atom is -0.371 e. The van der Waals surface area contributed by atoms with Crippen molar-refractivity contribution in [3.8, 4) is 0 Å². The Kier molecular flexibility index (Phi) is 6.87. The molecule has 1 amide bonds. The maximum Gasteiger partial charge on any atom is 0.223 e. The van der Waals surface area contributed by atoms with Gasteiger partial charge >= 0.3 is 0 Å². The lowest BCUT2D eigenvalue weighted by Crippen LogP contribution is -2.43. The van der Waals surface area contributed by atoms with Crippen molar-refractivity contribution in [1.82, 2.24) is 10.6 Å². The summed E-state index contributed by atoms with van der Waals surface area (Å²) in [7, 11) is 0. The maximum atomic E-state index is 13.0. The number of halogens is 2. The molecule has 0 radical (unpaired) electrons. The first kappa shape index (κ1) is 19.0. The van der Waals surface area contributed by atoms with E-state index < -0.39 is 0 Å². The smallest absolute Gasteiger partial charge is 0.223 e. The van der Waals surface area contributed by atoms with E-state index in [9.17, 15) is 9.18 Å². The normalized spacial score (nSPS) is 26.8. The molecule has 3 atom stereocenters. The Labute approximate surface area is 149 Å². The molecule has 1 aromatic carbocycles. The van der Waals surface area contributed by atoms with Crippen LogP contribution >= 0.6 is 12.4 Å². The number of benzene rings is 1. The van der Waals surface area contributed by atoms with Crippen LogP contribution in [0.15, 0.2) is 24.3 Å². The van der Waals surface area contributed by atoms with Gasteiger partial charge in [0.25, 0.3) is 0 Å². The van der Waals surface area contributed by atoms with Crippen LogP contribution in [0.2, 0.25) is 0 Å². The molecule has 0 aromatic heterocycles. The maximum absolute atomic E-state index is 13.0. The van der Waals surface area contributed by atoms with E-state index in [4.69, 9.17) is 0 Å². The van der Waals surface area contributed by atoms with Crippen LogP contribution in [0.25, 0.3) is 0 Å². The fourth-order valence-electron chi connectivity index (χ4n) is 3.65. The molecule has 4 nitrogen and oxygen atoms in total. The number of anilines is 1. The van der Waals surface area contributed by atoms with Crippen molar-refractivity contribution in [1.29, 1.82) is 0 Å². The van der Waals surface area contributed by atoms with Crippen LogP contribution < -0.4 is 15.5 Å². The highest BCUT2D eigenvalue weighted by Crippen LogP contribution is 2.24. The average molecular weight is 356 g/mol. The van der Waals surface area contributed by atoms with Gasteiger partial charge in [-0.2, -0.15) is 0 Å². The van der Waals surface area contributed by atoms with Crippen molar-refractivity contribution in [3.05, 3.63) is 30.1 Å². The number of rotatable bonds is 4. The molecule has 0 spiro atoms. The lowest BCUT2D eigenvalue weighted by atomic mass is 9.92. The van der Waals surface area contributed by atoms with Crippen molar-refractivity contribution < 1.29 is 9.18 Å². The van der Waals surface area contributed by atoms with Gasteiger partial charge in [-0.1, -0.05) is 0 Å². The van der Waals surface area contributed by atoms with Gasteiger partial charge in [0.1, 0.15) is 5.82 Å². The quantitative estimate of drug-likeness (QED) is 0.872. The van der Waals surface area contributed by atoms with Gasteiger partial charge in [-0.05, 0) is 62.9 Å². The molecular weight excluding hydrogens is 329 g/mol. The third-order valence-electron chi connectivity index (χ3n) is 5.04. The Morgan fingerprint density at radius 1 is 1.33 bits per heavy atom. The molecule has 24 heavy (non-hydrogen) atoms. The molecular formula is C18H27ClFN3O. The molecule has 0 aliphatic carbocycles. The molecule has 2 aliphatic rings. The number of carbonyl (C=O) groups is 1. The first-order valence-electron chi connectivity index (χ1n) is 8.63. The van der Waals surface area contributed by atoms with Gasteiger partial charge in [0.05, 0.1) is 0 Å². The second-order valence-corrected chi connectivity index (χ2v) is 6.90. The van der Waals surface area contributed by atoms with Crippen molar-refractivity contribution in [3.63, 3.8) is 0 Å². The number of hydrogen-bond acceptors (Lipinski definition) is 3. The van der Waals surface area contributed by atoms with E-state index in [1.54, 1.807) is 0 Å². The summed E-state index contributed by atoms with van der Waals surface area (Å²) in [6.45, 7) is 5.71. The van der Waals surface area contributed by atoms with Crippen LogP contribution in [0, 0.1) is 17.7 Å². The van der Waals surface area contributed by atoms with Crippen molar-refractivity contribution in [2.75, 3.05) is 31.1 Å². The topological polar surface area (TPSA) is 44.4 Å². The molecule has 1 unspecified atom stereocenters. The highest BCUT2D eigenvalue weighted by Gasteiger charge is 2.27. The van der Waals surface area contributed by atoms with Gasteiger partial charge in [-0.25, -0.2) is 4.39 Å². The van der Waals surface area contributed by atoms with Gasteiger partial charge in [-0.3, -0.25) is 4.79 Å². The van der Waals surface area contributed by atoms with Gasteiger partial charge in [0, 0.05) is 37.3 Å². The summed E-state index contributed by atoms with van der Waals surface area (Å²) in [5, 5.41) is 6.52. The minimum atomic E-state index is -0.201. The van der Waals surface area contributed by atoms with E-state index >= 15 is 0 Å². The average Bonchev–Trinajstić information content (AvgIpc) is 3.02. The first-order chi connectivity index (χ1) is 11.1. The number of amides is 1. The van der Waals surface area contributed by atoms with Crippen LogP contribution in [-0.2, 0) is 4.79 Å². The zero-order chi connectivity index (χ0) is 16.2. The summed E-state index contributed by atoms with van der Waals surface area (Å²) in [5.74, 6) is 0.635. The highest BCUT2D eigenvalue weighted by atomic mass is 35.5. The lowest BCUT2D eigenvalue weighted by Gasteiger charge is -2.27. The minimum absolute atomic E-state index is 0. The lowest BCUT2D eigenvalue weighted by molar-refractivity contribution is -0.126. The van der Waals surface area contributed by atoms with Gasteiger partial charge < -0.3 is 15.5 Å². The number of carbonyl (C=O) groups excluding carboxylic acids is 1. The van der Waals surface area contributed by atoms with Crippen LogP contribution in [0.5, 0.6) is 0 Å². The van der Waals surface area contributed by atoms with Crippen molar-refractivity contribution in [2.24, 2.45) is 11.8 Å².